The van der Waals surface area contributed by atoms with Crippen LogP contribution in [0.3, 0.4) is 0 Å². The summed E-state index contributed by atoms with van der Waals surface area (Å²) in [6.07, 6.45) is 0. The lowest BCUT2D eigenvalue weighted by Gasteiger charge is -2.29. The molecule has 23 heavy (non-hydrogen) atoms. The van der Waals surface area contributed by atoms with Gasteiger partial charge in [-0.25, -0.2) is 0 Å². The molecule has 1 fully saturated rings. The van der Waals surface area contributed by atoms with E-state index in [-0.39, 0.29) is 23.8 Å². The van der Waals surface area contributed by atoms with Gasteiger partial charge in [-0.05, 0) is 25.3 Å². The van der Waals surface area contributed by atoms with Crippen LogP contribution in [0.5, 0.6) is 0 Å². The van der Waals surface area contributed by atoms with E-state index in [0.29, 0.717) is 26.2 Å². The van der Waals surface area contributed by atoms with Crippen molar-refractivity contribution in [1.29, 1.82) is 0 Å². The van der Waals surface area contributed by atoms with Crippen LogP contribution in [0.2, 0.25) is 0 Å². The zero-order valence-corrected chi connectivity index (χ0v) is 14.1. The minimum atomic E-state index is -0.766. The number of likely N-dealkylation sites (tertiary alicyclic amines) is 1. The summed E-state index contributed by atoms with van der Waals surface area (Å²) in [7, 11) is 0. The van der Waals surface area contributed by atoms with E-state index < -0.39 is 5.97 Å². The minimum Gasteiger partial charge on any atom is -0.481 e. The quantitative estimate of drug-likeness (QED) is 0.872. The number of hydrogen-bond acceptors (Lipinski definition) is 3. The second-order valence-corrected chi connectivity index (χ2v) is 6.72. The van der Waals surface area contributed by atoms with E-state index in [0.717, 1.165) is 5.56 Å². The van der Waals surface area contributed by atoms with Crippen LogP contribution in [0.25, 0.3) is 0 Å². The van der Waals surface area contributed by atoms with Crippen LogP contribution in [-0.4, -0.2) is 52.5 Å². The van der Waals surface area contributed by atoms with Gasteiger partial charge in [0.2, 0.25) is 5.91 Å². The highest BCUT2D eigenvalue weighted by Crippen LogP contribution is 2.23. The van der Waals surface area contributed by atoms with E-state index in [1.54, 1.807) is 0 Å². The van der Waals surface area contributed by atoms with Gasteiger partial charge in [0.1, 0.15) is 0 Å². The monoisotopic (exact) mass is 318 g/mol. The second kappa shape index (κ2) is 7.59. The number of carbonyl (C=O) groups is 2. The average molecular weight is 318 g/mol. The molecule has 0 radical (unpaired) electrons. The number of hydrogen-bond donors (Lipinski definition) is 1. The summed E-state index contributed by atoms with van der Waals surface area (Å²) in [5.74, 6) is -0.995. The smallest absolute Gasteiger partial charge is 0.308 e. The lowest BCUT2D eigenvalue weighted by molar-refractivity contribution is -0.142. The number of aliphatic carboxylic acids is 1. The molecule has 0 unspecified atom stereocenters. The maximum atomic E-state index is 12.7. The van der Waals surface area contributed by atoms with Gasteiger partial charge in [-0.2, -0.15) is 0 Å². The number of rotatable bonds is 6. The van der Waals surface area contributed by atoms with Crippen LogP contribution in [0.4, 0.5) is 0 Å². The third kappa shape index (κ3) is 4.55. The van der Waals surface area contributed by atoms with Crippen molar-refractivity contribution in [3.63, 3.8) is 0 Å². The zero-order chi connectivity index (χ0) is 17.0. The summed E-state index contributed by atoms with van der Waals surface area (Å²) >= 11 is 0. The van der Waals surface area contributed by atoms with Gasteiger partial charge in [-0.15, -0.1) is 0 Å². The van der Waals surface area contributed by atoms with Gasteiger partial charge in [0, 0.05) is 25.7 Å². The molecule has 1 aliphatic heterocycles. The zero-order valence-electron chi connectivity index (χ0n) is 14.1. The fourth-order valence-corrected chi connectivity index (χ4v) is 3.14. The van der Waals surface area contributed by atoms with Crippen LogP contribution in [0.15, 0.2) is 30.3 Å². The molecule has 0 aromatic heterocycles. The number of benzene rings is 1. The Morgan fingerprint density at radius 1 is 1.26 bits per heavy atom. The highest BCUT2D eigenvalue weighted by molar-refractivity contribution is 5.79. The fraction of sp³-hybridized carbons (Fsp3) is 0.556. The Morgan fingerprint density at radius 2 is 1.91 bits per heavy atom. The molecule has 1 saturated heterocycles. The van der Waals surface area contributed by atoms with Crippen molar-refractivity contribution >= 4 is 11.9 Å². The molecule has 1 aromatic carbocycles. The van der Waals surface area contributed by atoms with Crippen molar-refractivity contribution in [2.75, 3.05) is 19.6 Å². The number of carboxylic acid groups (broad SMARTS) is 1. The van der Waals surface area contributed by atoms with Gasteiger partial charge in [0.05, 0.1) is 12.5 Å². The first-order valence-electron chi connectivity index (χ1n) is 8.17. The number of nitrogens with zero attached hydrogens (tertiary/aromatic N) is 2. The van der Waals surface area contributed by atoms with E-state index in [4.69, 9.17) is 0 Å². The van der Waals surface area contributed by atoms with Crippen LogP contribution in [-0.2, 0) is 16.1 Å². The number of carbonyl (C=O) groups excluding carboxylic acids is 1. The molecule has 1 heterocycles. The third-order valence-corrected chi connectivity index (χ3v) is 4.50. The second-order valence-electron chi connectivity index (χ2n) is 6.72. The average Bonchev–Trinajstić information content (AvgIpc) is 2.86. The Balaban J connectivity index is 1.98. The Labute approximate surface area is 137 Å². The minimum absolute atomic E-state index is 0.0575. The van der Waals surface area contributed by atoms with Crippen molar-refractivity contribution in [2.45, 2.75) is 33.4 Å². The Bertz CT molecular complexity index is 544. The van der Waals surface area contributed by atoms with E-state index >= 15 is 0 Å². The molecule has 5 nitrogen and oxygen atoms in total. The van der Waals surface area contributed by atoms with Gasteiger partial charge in [-0.1, -0.05) is 37.3 Å². The predicted octanol–water partition coefficient (Wildman–Crippen LogP) is 2.08. The number of carboxylic acids is 1. The molecule has 1 N–H and O–H groups in total. The van der Waals surface area contributed by atoms with Gasteiger partial charge < -0.3 is 10.0 Å². The van der Waals surface area contributed by atoms with Gasteiger partial charge in [0.25, 0.3) is 0 Å². The van der Waals surface area contributed by atoms with Crippen molar-refractivity contribution in [3.05, 3.63) is 35.9 Å². The van der Waals surface area contributed by atoms with E-state index in [2.05, 4.69) is 0 Å². The van der Waals surface area contributed by atoms with E-state index in [1.165, 1.54) is 0 Å². The molecule has 0 spiro atoms. The highest BCUT2D eigenvalue weighted by Gasteiger charge is 2.36. The summed E-state index contributed by atoms with van der Waals surface area (Å²) in [4.78, 5) is 27.7. The van der Waals surface area contributed by atoms with Gasteiger partial charge in [-0.3, -0.25) is 14.5 Å². The Kier molecular flexibility index (Phi) is 5.77. The highest BCUT2D eigenvalue weighted by atomic mass is 16.4. The lowest BCUT2D eigenvalue weighted by Crippen LogP contribution is -2.43. The third-order valence-electron chi connectivity index (χ3n) is 4.50. The summed E-state index contributed by atoms with van der Waals surface area (Å²) in [5, 5.41) is 9.21. The van der Waals surface area contributed by atoms with Crippen LogP contribution in [0, 0.1) is 11.8 Å². The van der Waals surface area contributed by atoms with E-state index in [1.807, 2.05) is 60.9 Å². The largest absolute Gasteiger partial charge is 0.481 e. The molecule has 1 aliphatic rings. The molecule has 126 valence electrons. The van der Waals surface area contributed by atoms with Crippen LogP contribution in [0.1, 0.15) is 26.3 Å². The fourth-order valence-electron chi connectivity index (χ4n) is 3.14. The van der Waals surface area contributed by atoms with Gasteiger partial charge >= 0.3 is 5.97 Å². The molecular formula is C18H26N2O3. The Hall–Kier alpha value is -1.88. The first-order chi connectivity index (χ1) is 10.9. The Morgan fingerprint density at radius 3 is 2.43 bits per heavy atom. The number of amides is 1. The molecule has 1 aromatic rings. The summed E-state index contributed by atoms with van der Waals surface area (Å²) in [6.45, 7) is 7.95. The van der Waals surface area contributed by atoms with Gasteiger partial charge in [0.15, 0.2) is 0 Å². The van der Waals surface area contributed by atoms with E-state index in [9.17, 15) is 14.7 Å². The lowest BCUT2D eigenvalue weighted by atomic mass is 9.99. The molecule has 2 rings (SSSR count). The summed E-state index contributed by atoms with van der Waals surface area (Å²) < 4.78 is 0. The van der Waals surface area contributed by atoms with Crippen LogP contribution < -0.4 is 0 Å². The summed E-state index contributed by atoms with van der Waals surface area (Å²) in [6, 6.07) is 10.0. The maximum absolute atomic E-state index is 12.7. The molecule has 0 aliphatic carbocycles. The van der Waals surface area contributed by atoms with Crippen LogP contribution >= 0.6 is 0 Å². The SMILES string of the molecule is CC(C)N(Cc1ccccc1)C(=O)CN1C[C@@H](C)[C@H](C(=O)O)C1. The molecule has 0 saturated carbocycles. The predicted molar refractivity (Wildman–Crippen MR) is 88.9 cm³/mol. The maximum Gasteiger partial charge on any atom is 0.308 e. The van der Waals surface area contributed by atoms with Crippen molar-refractivity contribution in [2.24, 2.45) is 11.8 Å². The normalized spacial score (nSPS) is 21.6. The molecule has 5 heteroatoms. The molecule has 0 bridgehead atoms. The first-order valence-corrected chi connectivity index (χ1v) is 8.17. The molecule has 2 atom stereocenters. The first kappa shape index (κ1) is 17.5. The van der Waals surface area contributed by atoms with Crippen molar-refractivity contribution < 1.29 is 14.7 Å². The topological polar surface area (TPSA) is 60.9 Å². The molecule has 1 amide bonds. The molecular weight excluding hydrogens is 292 g/mol. The summed E-state index contributed by atoms with van der Waals surface area (Å²) in [5.41, 5.74) is 1.10. The van der Waals surface area contributed by atoms with Crippen molar-refractivity contribution in [3.8, 4) is 0 Å². The standard InChI is InChI=1S/C18H26N2O3/c1-13(2)20(10-15-7-5-4-6-8-15)17(21)12-19-9-14(3)16(11-19)18(22)23/h4-8,13-14,16H,9-12H2,1-3H3,(H,22,23)/t14-,16-/m1/s1. The van der Waals surface area contributed by atoms with Crippen molar-refractivity contribution in [1.82, 2.24) is 9.80 Å².